The number of aryl methyl sites for hydroxylation is 1. The monoisotopic (exact) mass is 409 g/mol. The highest BCUT2D eigenvalue weighted by molar-refractivity contribution is 5.52. The summed E-state index contributed by atoms with van der Waals surface area (Å²) in [6.45, 7) is 4.75. The lowest BCUT2D eigenvalue weighted by Crippen LogP contribution is -2.62. The van der Waals surface area contributed by atoms with Crippen LogP contribution in [-0.4, -0.2) is 94.9 Å². The number of benzene rings is 1. The van der Waals surface area contributed by atoms with Crippen LogP contribution in [0.3, 0.4) is 0 Å². The molecule has 7 heteroatoms. The molecule has 0 bridgehead atoms. The molecular weight excluding hydrogens is 370 g/mol. The van der Waals surface area contributed by atoms with Crippen molar-refractivity contribution in [2.45, 2.75) is 63.5 Å². The smallest absolute Gasteiger partial charge is 0.109 e. The number of β-amino-alcohol motifs (C(OH)–C–C–N with tert-alkyl or cyclic N) is 1. The number of hydrogen-bond donors (Lipinski definition) is 5. The maximum absolute atomic E-state index is 10.0. The zero-order valence-corrected chi connectivity index (χ0v) is 18.1. The first-order valence-corrected chi connectivity index (χ1v) is 10.7. The number of anilines is 1. The summed E-state index contributed by atoms with van der Waals surface area (Å²) in [7, 11) is 4.15. The second kappa shape index (κ2) is 11.8. The standard InChI is InChI=1S/C22H39N3O4/c1-16-8-9-17(13-24(2)3)12-18(16)23-10-6-4-5-7-11-25-14-20(27)22(29)21(28)19(25)15-26/h8-9,12,19-23,26-29H,4-7,10-11,13-15H2,1-3H3/t19-,20+,21-,22-/m1/s1. The van der Waals surface area contributed by atoms with Gasteiger partial charge in [-0.25, -0.2) is 0 Å². The first kappa shape index (κ1) is 24.1. The van der Waals surface area contributed by atoms with Crippen LogP contribution in [-0.2, 0) is 6.54 Å². The number of aliphatic hydroxyl groups is 4. The molecule has 1 aromatic rings. The Hall–Kier alpha value is -1.22. The van der Waals surface area contributed by atoms with Crippen LogP contribution < -0.4 is 5.32 Å². The number of unbranched alkanes of at least 4 members (excludes halogenated alkanes) is 3. The molecule has 166 valence electrons. The zero-order valence-electron chi connectivity index (χ0n) is 18.1. The highest BCUT2D eigenvalue weighted by atomic mass is 16.4. The van der Waals surface area contributed by atoms with Crippen molar-refractivity contribution in [3.63, 3.8) is 0 Å². The Morgan fingerprint density at radius 3 is 2.48 bits per heavy atom. The third-order valence-electron chi connectivity index (χ3n) is 5.70. The molecule has 1 aliphatic rings. The lowest BCUT2D eigenvalue weighted by molar-refractivity contribution is -0.145. The summed E-state index contributed by atoms with van der Waals surface area (Å²) in [5.41, 5.74) is 3.76. The summed E-state index contributed by atoms with van der Waals surface area (Å²) in [5, 5.41) is 42.7. The van der Waals surface area contributed by atoms with Crippen molar-refractivity contribution in [2.24, 2.45) is 0 Å². The molecule has 1 aromatic carbocycles. The summed E-state index contributed by atoms with van der Waals surface area (Å²) in [6, 6.07) is 6.06. The van der Waals surface area contributed by atoms with Crippen molar-refractivity contribution in [3.05, 3.63) is 29.3 Å². The molecule has 0 spiro atoms. The molecule has 0 amide bonds. The van der Waals surface area contributed by atoms with Crippen LogP contribution in [0.5, 0.6) is 0 Å². The predicted molar refractivity (Wildman–Crippen MR) is 116 cm³/mol. The van der Waals surface area contributed by atoms with Crippen LogP contribution in [0.2, 0.25) is 0 Å². The minimum atomic E-state index is -1.19. The molecule has 0 saturated carbocycles. The zero-order chi connectivity index (χ0) is 21.4. The first-order valence-electron chi connectivity index (χ1n) is 10.7. The second-order valence-corrected chi connectivity index (χ2v) is 8.52. The van der Waals surface area contributed by atoms with Gasteiger partial charge in [0, 0.05) is 25.3 Å². The molecule has 0 aliphatic carbocycles. The SMILES string of the molecule is Cc1ccc(CN(C)C)cc1NCCCCCCN1C[C@H](O)[C@@H](O)[C@H](O)[C@H]1CO. The van der Waals surface area contributed by atoms with Gasteiger partial charge in [-0.2, -0.15) is 0 Å². The number of nitrogens with one attached hydrogen (secondary N) is 1. The van der Waals surface area contributed by atoms with E-state index >= 15 is 0 Å². The van der Waals surface area contributed by atoms with E-state index in [1.54, 1.807) is 0 Å². The molecular formula is C22H39N3O4. The summed E-state index contributed by atoms with van der Waals surface area (Å²) in [6.07, 6.45) is 0.880. The second-order valence-electron chi connectivity index (χ2n) is 8.52. The predicted octanol–water partition coefficient (Wildman–Crippen LogP) is 0.788. The van der Waals surface area contributed by atoms with E-state index in [0.29, 0.717) is 6.54 Å². The fourth-order valence-corrected chi connectivity index (χ4v) is 3.98. The van der Waals surface area contributed by atoms with Crippen LogP contribution >= 0.6 is 0 Å². The molecule has 0 radical (unpaired) electrons. The van der Waals surface area contributed by atoms with E-state index in [1.165, 1.54) is 16.8 Å². The normalized spacial score (nSPS) is 25.5. The first-order chi connectivity index (χ1) is 13.8. The largest absolute Gasteiger partial charge is 0.395 e. The van der Waals surface area contributed by atoms with Crippen molar-refractivity contribution in [3.8, 4) is 0 Å². The molecule has 2 rings (SSSR count). The molecule has 1 aliphatic heterocycles. The fraction of sp³-hybridized carbons (Fsp3) is 0.727. The lowest BCUT2D eigenvalue weighted by atomic mass is 9.94. The molecule has 5 N–H and O–H groups in total. The van der Waals surface area contributed by atoms with Gasteiger partial charge in [0.2, 0.25) is 0 Å². The molecule has 1 heterocycles. The van der Waals surface area contributed by atoms with E-state index < -0.39 is 24.4 Å². The van der Waals surface area contributed by atoms with Gasteiger partial charge in [-0.3, -0.25) is 4.90 Å². The summed E-state index contributed by atoms with van der Waals surface area (Å²) >= 11 is 0. The van der Waals surface area contributed by atoms with Crippen LogP contribution in [0.4, 0.5) is 5.69 Å². The van der Waals surface area contributed by atoms with Crippen LogP contribution in [0.25, 0.3) is 0 Å². The third kappa shape index (κ3) is 7.20. The minimum Gasteiger partial charge on any atom is -0.395 e. The van der Waals surface area contributed by atoms with Gasteiger partial charge in [-0.15, -0.1) is 0 Å². The van der Waals surface area contributed by atoms with Gasteiger partial charge >= 0.3 is 0 Å². The number of nitrogens with zero attached hydrogens (tertiary/aromatic N) is 2. The topological polar surface area (TPSA) is 99.4 Å². The number of rotatable bonds is 11. The summed E-state index contributed by atoms with van der Waals surface area (Å²) in [4.78, 5) is 4.05. The highest BCUT2D eigenvalue weighted by Gasteiger charge is 2.40. The van der Waals surface area contributed by atoms with Crippen LogP contribution in [0.15, 0.2) is 18.2 Å². The van der Waals surface area contributed by atoms with E-state index in [1.807, 2.05) is 4.90 Å². The Bertz CT molecular complexity index is 614. The van der Waals surface area contributed by atoms with Crippen molar-refractivity contribution in [1.29, 1.82) is 0 Å². The van der Waals surface area contributed by atoms with Gasteiger partial charge in [-0.1, -0.05) is 25.0 Å². The number of hydrogen-bond acceptors (Lipinski definition) is 7. The van der Waals surface area contributed by atoms with Crippen LogP contribution in [0.1, 0.15) is 36.8 Å². The van der Waals surface area contributed by atoms with Gasteiger partial charge in [0.25, 0.3) is 0 Å². The lowest BCUT2D eigenvalue weighted by Gasteiger charge is -2.43. The molecule has 1 saturated heterocycles. The molecule has 1 fully saturated rings. The van der Waals surface area contributed by atoms with Gasteiger partial charge in [0.05, 0.1) is 18.8 Å². The minimum absolute atomic E-state index is 0.221. The average molecular weight is 410 g/mol. The van der Waals surface area contributed by atoms with E-state index in [-0.39, 0.29) is 13.2 Å². The Morgan fingerprint density at radius 1 is 1.07 bits per heavy atom. The van der Waals surface area contributed by atoms with Gasteiger partial charge in [0.15, 0.2) is 0 Å². The average Bonchev–Trinajstić information content (AvgIpc) is 2.67. The molecule has 4 atom stereocenters. The van der Waals surface area contributed by atoms with Crippen molar-refractivity contribution >= 4 is 5.69 Å². The number of piperidine rings is 1. The highest BCUT2D eigenvalue weighted by Crippen LogP contribution is 2.20. The molecule has 7 nitrogen and oxygen atoms in total. The van der Waals surface area contributed by atoms with Gasteiger partial charge < -0.3 is 30.6 Å². The molecule has 29 heavy (non-hydrogen) atoms. The summed E-state index contributed by atoms with van der Waals surface area (Å²) in [5.74, 6) is 0. The van der Waals surface area contributed by atoms with Crippen molar-refractivity contribution in [2.75, 3.05) is 45.7 Å². The van der Waals surface area contributed by atoms with E-state index in [4.69, 9.17) is 0 Å². The summed E-state index contributed by atoms with van der Waals surface area (Å²) < 4.78 is 0. The molecule has 0 unspecified atom stereocenters. The van der Waals surface area contributed by atoms with Crippen LogP contribution in [0, 0.1) is 6.92 Å². The van der Waals surface area contributed by atoms with E-state index in [2.05, 4.69) is 49.4 Å². The Kier molecular flexibility index (Phi) is 9.82. The van der Waals surface area contributed by atoms with Crippen molar-refractivity contribution < 1.29 is 20.4 Å². The third-order valence-corrected chi connectivity index (χ3v) is 5.70. The quantitative estimate of drug-likeness (QED) is 0.345. The van der Waals surface area contributed by atoms with E-state index in [0.717, 1.165) is 38.8 Å². The molecule has 0 aromatic heterocycles. The maximum Gasteiger partial charge on any atom is 0.109 e. The number of aliphatic hydroxyl groups excluding tert-OH is 4. The van der Waals surface area contributed by atoms with Gasteiger partial charge in [-0.05, 0) is 57.6 Å². The van der Waals surface area contributed by atoms with E-state index in [9.17, 15) is 20.4 Å². The Balaban J connectivity index is 1.66. The van der Waals surface area contributed by atoms with Crippen molar-refractivity contribution in [1.82, 2.24) is 9.80 Å². The maximum atomic E-state index is 10.0. The fourth-order valence-electron chi connectivity index (χ4n) is 3.98. The Morgan fingerprint density at radius 2 is 1.79 bits per heavy atom. The number of likely N-dealkylation sites (tertiary alicyclic amines) is 1. The Labute approximate surface area is 175 Å². The van der Waals surface area contributed by atoms with Gasteiger partial charge in [0.1, 0.15) is 12.2 Å².